The van der Waals surface area contributed by atoms with E-state index >= 15 is 0 Å². The molecule has 0 saturated heterocycles. The highest BCUT2D eigenvalue weighted by molar-refractivity contribution is 5.88. The second-order valence-corrected chi connectivity index (χ2v) is 6.63. The van der Waals surface area contributed by atoms with Gasteiger partial charge in [-0.3, -0.25) is 9.48 Å². The summed E-state index contributed by atoms with van der Waals surface area (Å²) in [4.78, 5) is 11.4. The molecule has 0 bridgehead atoms. The van der Waals surface area contributed by atoms with E-state index in [0.29, 0.717) is 12.1 Å². The van der Waals surface area contributed by atoms with Crippen molar-refractivity contribution in [3.8, 4) is 28.3 Å². The van der Waals surface area contributed by atoms with Gasteiger partial charge in [-0.15, -0.1) is 0 Å². The van der Waals surface area contributed by atoms with Crippen molar-refractivity contribution in [3.63, 3.8) is 0 Å². The number of nitriles is 1. The first kappa shape index (κ1) is 18.2. The van der Waals surface area contributed by atoms with Crippen LogP contribution in [0.3, 0.4) is 0 Å². The summed E-state index contributed by atoms with van der Waals surface area (Å²) in [6, 6.07) is 12.1. The van der Waals surface area contributed by atoms with Crippen LogP contribution in [0, 0.1) is 11.3 Å². The highest BCUT2D eigenvalue weighted by atomic mass is 16.1. The number of benzene rings is 1. The summed E-state index contributed by atoms with van der Waals surface area (Å²) in [5.41, 5.74) is 6.02. The SMILES string of the molecule is C=CC(=O)NCc1ccc(-c2cc(-c3cnn(C)c3)cn3ncc(C#N)c23)cc1. The summed E-state index contributed by atoms with van der Waals surface area (Å²) in [6.07, 6.45) is 8.45. The topological polar surface area (TPSA) is 88.0 Å². The Kier molecular flexibility index (Phi) is 4.67. The molecule has 4 rings (SSSR count). The summed E-state index contributed by atoms with van der Waals surface area (Å²) in [7, 11) is 1.87. The van der Waals surface area contributed by atoms with Crippen molar-refractivity contribution in [2.75, 3.05) is 0 Å². The molecule has 7 heteroatoms. The van der Waals surface area contributed by atoms with Crippen LogP contribution >= 0.6 is 0 Å². The fourth-order valence-corrected chi connectivity index (χ4v) is 3.22. The predicted molar refractivity (Wildman–Crippen MR) is 110 cm³/mol. The molecule has 0 unspecified atom stereocenters. The lowest BCUT2D eigenvalue weighted by molar-refractivity contribution is -0.116. The largest absolute Gasteiger partial charge is 0.348 e. The molecule has 4 aromatic rings. The molecule has 0 spiro atoms. The van der Waals surface area contributed by atoms with Crippen LogP contribution in [-0.2, 0) is 18.4 Å². The third-order valence-electron chi connectivity index (χ3n) is 4.69. The van der Waals surface area contributed by atoms with Crippen molar-refractivity contribution in [2.45, 2.75) is 6.54 Å². The van der Waals surface area contributed by atoms with Crippen molar-refractivity contribution in [2.24, 2.45) is 7.05 Å². The van der Waals surface area contributed by atoms with Crippen LogP contribution in [0.15, 0.2) is 67.8 Å². The second kappa shape index (κ2) is 7.44. The van der Waals surface area contributed by atoms with Crippen LogP contribution in [0.4, 0.5) is 0 Å². The monoisotopic (exact) mass is 382 g/mol. The molecule has 0 aliphatic carbocycles. The van der Waals surface area contributed by atoms with Gasteiger partial charge in [0.2, 0.25) is 5.91 Å². The second-order valence-electron chi connectivity index (χ2n) is 6.63. The molecule has 3 heterocycles. The number of amides is 1. The Balaban J connectivity index is 1.79. The third kappa shape index (κ3) is 3.51. The Morgan fingerprint density at radius 2 is 1.97 bits per heavy atom. The molecule has 0 aliphatic heterocycles. The molecule has 0 saturated carbocycles. The van der Waals surface area contributed by atoms with Crippen LogP contribution in [0.2, 0.25) is 0 Å². The zero-order valence-electron chi connectivity index (χ0n) is 15.8. The maximum absolute atomic E-state index is 11.4. The van der Waals surface area contributed by atoms with Gasteiger partial charge >= 0.3 is 0 Å². The first-order valence-electron chi connectivity index (χ1n) is 8.99. The maximum atomic E-state index is 11.4. The first-order valence-corrected chi connectivity index (χ1v) is 8.99. The summed E-state index contributed by atoms with van der Waals surface area (Å²) in [5.74, 6) is -0.210. The molecular formula is C22H18N6O. The van der Waals surface area contributed by atoms with Crippen molar-refractivity contribution >= 4 is 11.4 Å². The molecule has 1 aromatic carbocycles. The highest BCUT2D eigenvalue weighted by Gasteiger charge is 2.14. The molecular weight excluding hydrogens is 364 g/mol. The molecule has 142 valence electrons. The lowest BCUT2D eigenvalue weighted by Crippen LogP contribution is -2.19. The molecule has 0 aliphatic rings. The Morgan fingerprint density at radius 3 is 2.62 bits per heavy atom. The van der Waals surface area contributed by atoms with E-state index in [2.05, 4.69) is 28.2 Å². The fraction of sp³-hybridized carbons (Fsp3) is 0.0909. The van der Waals surface area contributed by atoms with Gasteiger partial charge in [-0.1, -0.05) is 30.8 Å². The Morgan fingerprint density at radius 1 is 1.17 bits per heavy atom. The number of carbonyl (C=O) groups excluding carboxylic acids is 1. The van der Waals surface area contributed by atoms with E-state index in [1.165, 1.54) is 6.08 Å². The van der Waals surface area contributed by atoms with E-state index < -0.39 is 0 Å². The molecule has 0 fully saturated rings. The minimum Gasteiger partial charge on any atom is -0.348 e. The number of rotatable bonds is 5. The summed E-state index contributed by atoms with van der Waals surface area (Å²) in [5, 5.41) is 20.9. The van der Waals surface area contributed by atoms with Gasteiger partial charge in [0.1, 0.15) is 6.07 Å². The zero-order valence-corrected chi connectivity index (χ0v) is 15.8. The van der Waals surface area contributed by atoms with Gasteiger partial charge in [0.15, 0.2) is 0 Å². The van der Waals surface area contributed by atoms with Gasteiger partial charge in [-0.25, -0.2) is 4.52 Å². The van der Waals surface area contributed by atoms with E-state index in [0.717, 1.165) is 33.3 Å². The average molecular weight is 382 g/mol. The van der Waals surface area contributed by atoms with Crippen molar-refractivity contribution < 1.29 is 4.79 Å². The standard InChI is InChI=1S/C22H18N6O/c1-3-21(29)24-10-15-4-6-16(7-5-15)20-8-17(19-12-25-27(2)13-19)14-28-22(20)18(9-23)11-26-28/h3-8,11-14H,1,10H2,2H3,(H,24,29). The minimum atomic E-state index is -0.210. The number of aromatic nitrogens is 4. The summed E-state index contributed by atoms with van der Waals surface area (Å²) < 4.78 is 3.48. The molecule has 0 radical (unpaired) electrons. The van der Waals surface area contributed by atoms with Gasteiger partial charge in [0.25, 0.3) is 0 Å². The number of hydrogen-bond acceptors (Lipinski definition) is 4. The van der Waals surface area contributed by atoms with E-state index in [1.54, 1.807) is 21.6 Å². The summed E-state index contributed by atoms with van der Waals surface area (Å²) in [6.45, 7) is 3.87. The molecule has 29 heavy (non-hydrogen) atoms. The number of carbonyl (C=O) groups is 1. The Labute approximate surface area is 167 Å². The van der Waals surface area contributed by atoms with Crippen molar-refractivity contribution in [1.82, 2.24) is 24.7 Å². The van der Waals surface area contributed by atoms with Gasteiger partial charge in [-0.05, 0) is 23.3 Å². The van der Waals surface area contributed by atoms with E-state index in [1.807, 2.05) is 49.8 Å². The van der Waals surface area contributed by atoms with Crippen LogP contribution in [-0.4, -0.2) is 25.3 Å². The van der Waals surface area contributed by atoms with E-state index in [4.69, 9.17) is 0 Å². The number of pyridine rings is 1. The number of aryl methyl sites for hydroxylation is 1. The van der Waals surface area contributed by atoms with Gasteiger partial charge in [0.05, 0.1) is 23.5 Å². The van der Waals surface area contributed by atoms with Crippen molar-refractivity contribution in [1.29, 1.82) is 5.26 Å². The Bertz CT molecular complexity index is 1260. The smallest absolute Gasteiger partial charge is 0.243 e. The quantitative estimate of drug-likeness (QED) is 0.537. The predicted octanol–water partition coefficient (Wildman–Crippen LogP) is 3.08. The van der Waals surface area contributed by atoms with Crippen molar-refractivity contribution in [3.05, 3.63) is 78.9 Å². The molecule has 7 nitrogen and oxygen atoms in total. The normalized spacial score (nSPS) is 10.6. The lowest BCUT2D eigenvalue weighted by atomic mass is 9.99. The molecule has 1 N–H and O–H groups in total. The lowest BCUT2D eigenvalue weighted by Gasteiger charge is -2.10. The van der Waals surface area contributed by atoms with E-state index in [-0.39, 0.29) is 5.91 Å². The maximum Gasteiger partial charge on any atom is 0.243 e. The number of hydrogen-bond donors (Lipinski definition) is 1. The van der Waals surface area contributed by atoms with E-state index in [9.17, 15) is 10.1 Å². The van der Waals surface area contributed by atoms with Crippen LogP contribution < -0.4 is 5.32 Å². The minimum absolute atomic E-state index is 0.210. The zero-order chi connectivity index (χ0) is 20.4. The number of nitrogens with one attached hydrogen (secondary N) is 1. The fourth-order valence-electron chi connectivity index (χ4n) is 3.22. The first-order chi connectivity index (χ1) is 14.1. The average Bonchev–Trinajstić information content (AvgIpc) is 3.37. The van der Waals surface area contributed by atoms with Crippen LogP contribution in [0.25, 0.3) is 27.8 Å². The third-order valence-corrected chi connectivity index (χ3v) is 4.69. The Hall–Kier alpha value is -4.18. The highest BCUT2D eigenvalue weighted by Crippen LogP contribution is 2.32. The molecule has 3 aromatic heterocycles. The van der Waals surface area contributed by atoms with Gasteiger partial charge in [0, 0.05) is 42.7 Å². The molecule has 1 amide bonds. The number of nitrogens with zero attached hydrogens (tertiary/aromatic N) is 5. The van der Waals surface area contributed by atoms with Gasteiger partial charge < -0.3 is 5.32 Å². The van der Waals surface area contributed by atoms with Gasteiger partial charge in [-0.2, -0.15) is 15.5 Å². The summed E-state index contributed by atoms with van der Waals surface area (Å²) >= 11 is 0. The number of fused-ring (bicyclic) bond motifs is 1. The molecule has 0 atom stereocenters. The van der Waals surface area contributed by atoms with Crippen LogP contribution in [0.1, 0.15) is 11.1 Å². The van der Waals surface area contributed by atoms with Crippen LogP contribution in [0.5, 0.6) is 0 Å².